The molecule has 3 rings (SSSR count). The van der Waals surface area contributed by atoms with Crippen LogP contribution in [0.3, 0.4) is 0 Å². The number of nitrogens with zero attached hydrogens (tertiary/aromatic N) is 2. The van der Waals surface area contributed by atoms with E-state index in [0.29, 0.717) is 24.0 Å². The van der Waals surface area contributed by atoms with E-state index >= 15 is 0 Å². The van der Waals surface area contributed by atoms with E-state index in [1.165, 1.54) is 0 Å². The zero-order chi connectivity index (χ0) is 17.8. The molecule has 0 aliphatic heterocycles. The highest BCUT2D eigenvalue weighted by Crippen LogP contribution is 2.23. The number of benzene rings is 2. The lowest BCUT2D eigenvalue weighted by Crippen LogP contribution is -2.14. The number of hydrogen-bond acceptors (Lipinski definition) is 5. The van der Waals surface area contributed by atoms with Gasteiger partial charge in [0, 0.05) is 11.6 Å². The summed E-state index contributed by atoms with van der Waals surface area (Å²) in [6, 6.07) is 9.38. The van der Waals surface area contributed by atoms with Crippen molar-refractivity contribution in [3.63, 3.8) is 0 Å². The van der Waals surface area contributed by atoms with Gasteiger partial charge in [-0.25, -0.2) is 8.78 Å². The van der Waals surface area contributed by atoms with E-state index in [0.717, 1.165) is 12.1 Å². The molecule has 0 radical (unpaired) electrons. The minimum absolute atomic E-state index is 0.179. The van der Waals surface area contributed by atoms with Crippen LogP contribution in [0.25, 0.3) is 11.5 Å². The fourth-order valence-corrected chi connectivity index (χ4v) is 2.09. The second-order valence-corrected chi connectivity index (χ2v) is 4.95. The van der Waals surface area contributed by atoms with E-state index in [4.69, 9.17) is 9.15 Å². The van der Waals surface area contributed by atoms with Gasteiger partial charge in [-0.1, -0.05) is 5.10 Å². The normalized spacial score (nSPS) is 10.5. The summed E-state index contributed by atoms with van der Waals surface area (Å²) in [6.07, 6.45) is 0. The Morgan fingerprint density at radius 3 is 2.60 bits per heavy atom. The predicted molar refractivity (Wildman–Crippen MR) is 85.2 cm³/mol. The highest BCUT2D eigenvalue weighted by atomic mass is 19.1. The highest BCUT2D eigenvalue weighted by molar-refractivity contribution is 6.03. The van der Waals surface area contributed by atoms with E-state index in [2.05, 4.69) is 15.5 Å². The topological polar surface area (TPSA) is 77.3 Å². The van der Waals surface area contributed by atoms with Crippen molar-refractivity contribution < 1.29 is 22.7 Å². The Kier molecular flexibility index (Phi) is 4.69. The summed E-state index contributed by atoms with van der Waals surface area (Å²) >= 11 is 0. The van der Waals surface area contributed by atoms with Gasteiger partial charge in [-0.15, -0.1) is 5.10 Å². The molecule has 1 N–H and O–H groups in total. The highest BCUT2D eigenvalue weighted by Gasteiger charge is 2.16. The molecule has 0 atom stereocenters. The largest absolute Gasteiger partial charge is 0.494 e. The maximum Gasteiger partial charge on any atom is 0.322 e. The van der Waals surface area contributed by atoms with Crippen molar-refractivity contribution in [1.29, 1.82) is 0 Å². The monoisotopic (exact) mass is 345 g/mol. The number of rotatable bonds is 5. The van der Waals surface area contributed by atoms with Crippen LogP contribution in [0, 0.1) is 11.6 Å². The van der Waals surface area contributed by atoms with Crippen LogP contribution in [0.1, 0.15) is 17.3 Å². The number of amides is 1. The molecule has 25 heavy (non-hydrogen) atoms. The number of hydrogen-bond donors (Lipinski definition) is 1. The van der Waals surface area contributed by atoms with Crippen molar-refractivity contribution in [2.75, 3.05) is 11.9 Å². The number of ether oxygens (including phenoxy) is 1. The molecule has 0 unspecified atom stereocenters. The number of nitrogens with one attached hydrogen (secondary N) is 1. The molecule has 0 saturated heterocycles. The van der Waals surface area contributed by atoms with Crippen LogP contribution in [0.5, 0.6) is 5.75 Å². The molecule has 6 nitrogen and oxygen atoms in total. The quantitative estimate of drug-likeness (QED) is 0.763. The molecule has 128 valence electrons. The van der Waals surface area contributed by atoms with E-state index in [1.807, 2.05) is 6.92 Å². The maximum absolute atomic E-state index is 13.6. The summed E-state index contributed by atoms with van der Waals surface area (Å²) in [7, 11) is 0. The molecule has 1 amide bonds. The van der Waals surface area contributed by atoms with Crippen molar-refractivity contribution in [3.8, 4) is 17.2 Å². The molecule has 0 spiro atoms. The molecule has 1 heterocycles. The smallest absolute Gasteiger partial charge is 0.322 e. The van der Waals surface area contributed by atoms with Gasteiger partial charge in [0.2, 0.25) is 5.89 Å². The van der Waals surface area contributed by atoms with Crippen molar-refractivity contribution in [1.82, 2.24) is 10.2 Å². The fourth-order valence-electron chi connectivity index (χ4n) is 2.09. The van der Waals surface area contributed by atoms with Crippen molar-refractivity contribution in [3.05, 3.63) is 59.7 Å². The number of halogens is 2. The number of anilines is 1. The molecule has 1 aromatic heterocycles. The third kappa shape index (κ3) is 3.79. The lowest BCUT2D eigenvalue weighted by atomic mass is 10.2. The first-order valence-corrected chi connectivity index (χ1v) is 7.40. The first kappa shape index (κ1) is 16.6. The Morgan fingerprint density at radius 1 is 1.16 bits per heavy atom. The van der Waals surface area contributed by atoms with Crippen molar-refractivity contribution in [2.24, 2.45) is 0 Å². The summed E-state index contributed by atoms with van der Waals surface area (Å²) in [5.41, 5.74) is 0.298. The van der Waals surface area contributed by atoms with Gasteiger partial charge in [-0.05, 0) is 43.3 Å². The van der Waals surface area contributed by atoms with E-state index in [1.54, 1.807) is 24.3 Å². The zero-order valence-electron chi connectivity index (χ0n) is 13.1. The van der Waals surface area contributed by atoms with Crippen LogP contribution in [-0.2, 0) is 0 Å². The number of aromatic nitrogens is 2. The summed E-state index contributed by atoms with van der Waals surface area (Å²) < 4.78 is 37.2. The molecule has 8 heteroatoms. The van der Waals surface area contributed by atoms with Gasteiger partial charge in [-0.2, -0.15) is 0 Å². The third-order valence-electron chi connectivity index (χ3n) is 3.23. The summed E-state index contributed by atoms with van der Waals surface area (Å²) in [6.45, 7) is 2.43. The first-order chi connectivity index (χ1) is 12.1. The molecular weight excluding hydrogens is 332 g/mol. The standard InChI is InChI=1S/C17H13F2N3O3/c1-2-24-12-6-3-10(4-7-12)16-21-22-17(25-16)20-15(23)13-8-5-11(18)9-14(13)19/h3-9H,2H2,1H3,(H,20,22,23). The van der Waals surface area contributed by atoms with Crippen LogP contribution in [0.4, 0.5) is 14.8 Å². The number of carbonyl (C=O) groups is 1. The Labute approximate surface area is 141 Å². The van der Waals surface area contributed by atoms with Gasteiger partial charge in [0.1, 0.15) is 17.4 Å². The van der Waals surface area contributed by atoms with E-state index in [9.17, 15) is 13.6 Å². The third-order valence-corrected chi connectivity index (χ3v) is 3.23. The second-order valence-electron chi connectivity index (χ2n) is 4.95. The molecule has 0 aliphatic carbocycles. The molecule has 0 fully saturated rings. The Bertz CT molecular complexity index is 894. The van der Waals surface area contributed by atoms with Gasteiger partial charge in [-0.3, -0.25) is 10.1 Å². The molecule has 0 bridgehead atoms. The van der Waals surface area contributed by atoms with Gasteiger partial charge in [0.05, 0.1) is 12.2 Å². The van der Waals surface area contributed by atoms with Gasteiger partial charge in [0.15, 0.2) is 0 Å². The first-order valence-electron chi connectivity index (χ1n) is 7.40. The zero-order valence-corrected chi connectivity index (χ0v) is 13.1. The molecule has 0 saturated carbocycles. The molecule has 2 aromatic carbocycles. The maximum atomic E-state index is 13.6. The minimum Gasteiger partial charge on any atom is -0.494 e. The average Bonchev–Trinajstić information content (AvgIpc) is 3.04. The second kappa shape index (κ2) is 7.08. The van der Waals surface area contributed by atoms with Crippen LogP contribution < -0.4 is 10.1 Å². The summed E-state index contributed by atoms with van der Waals surface area (Å²) in [4.78, 5) is 12.0. The van der Waals surface area contributed by atoms with Gasteiger partial charge < -0.3 is 9.15 Å². The average molecular weight is 345 g/mol. The van der Waals surface area contributed by atoms with Gasteiger partial charge in [0.25, 0.3) is 5.91 Å². The molecule has 3 aromatic rings. The lowest BCUT2D eigenvalue weighted by Gasteiger charge is -2.03. The number of carbonyl (C=O) groups excluding carboxylic acids is 1. The predicted octanol–water partition coefficient (Wildman–Crippen LogP) is 3.67. The van der Waals surface area contributed by atoms with Crippen LogP contribution >= 0.6 is 0 Å². The Morgan fingerprint density at radius 2 is 1.92 bits per heavy atom. The fraction of sp³-hybridized carbons (Fsp3) is 0.118. The van der Waals surface area contributed by atoms with E-state index in [-0.39, 0.29) is 17.5 Å². The van der Waals surface area contributed by atoms with Gasteiger partial charge >= 0.3 is 6.01 Å². The SMILES string of the molecule is CCOc1ccc(-c2nnc(NC(=O)c3ccc(F)cc3F)o2)cc1. The lowest BCUT2D eigenvalue weighted by molar-refractivity contribution is 0.102. The Balaban J connectivity index is 1.74. The van der Waals surface area contributed by atoms with Crippen molar-refractivity contribution >= 4 is 11.9 Å². The van der Waals surface area contributed by atoms with Crippen LogP contribution in [0.15, 0.2) is 46.9 Å². The van der Waals surface area contributed by atoms with Crippen LogP contribution in [-0.4, -0.2) is 22.7 Å². The van der Waals surface area contributed by atoms with Crippen molar-refractivity contribution in [2.45, 2.75) is 6.92 Å². The minimum atomic E-state index is -0.983. The summed E-state index contributed by atoms with van der Waals surface area (Å²) in [5, 5.41) is 9.78. The van der Waals surface area contributed by atoms with E-state index < -0.39 is 17.5 Å². The Hall–Kier alpha value is -3.29. The summed E-state index contributed by atoms with van der Waals surface area (Å²) in [5.74, 6) is -1.70. The van der Waals surface area contributed by atoms with Crippen LogP contribution in [0.2, 0.25) is 0 Å². The molecule has 0 aliphatic rings. The molecular formula is C17H13F2N3O3.